The Morgan fingerprint density at radius 1 is 0.605 bits per heavy atom. The van der Waals surface area contributed by atoms with Gasteiger partial charge in [0.1, 0.15) is 0 Å². The molecule has 6 nitrogen and oxygen atoms in total. The smallest absolute Gasteiger partial charge is 0.300 e. The van der Waals surface area contributed by atoms with Gasteiger partial charge in [0, 0.05) is 70.0 Å². The number of aliphatic carboxylic acids is 1. The minimum atomic E-state index is -0.833. The Morgan fingerprint density at radius 2 is 0.977 bits per heavy atom. The second-order valence-corrected chi connectivity index (χ2v) is 9.59. The van der Waals surface area contributed by atoms with Crippen molar-refractivity contribution in [3.8, 4) is 11.1 Å². The molecule has 0 saturated carbocycles. The van der Waals surface area contributed by atoms with Gasteiger partial charge in [0.25, 0.3) is 5.97 Å². The number of allylic oxidation sites excluding steroid dienone is 10. The first kappa shape index (κ1) is 30.7. The summed E-state index contributed by atoms with van der Waals surface area (Å²) in [5, 5.41) is 18.6. The van der Waals surface area contributed by atoms with Crippen LogP contribution >= 0.6 is 0 Å². The third-order valence-corrected chi connectivity index (χ3v) is 6.71. The molecule has 0 aromatic heterocycles. The van der Waals surface area contributed by atoms with E-state index in [0.717, 1.165) is 51.0 Å². The van der Waals surface area contributed by atoms with E-state index >= 15 is 0 Å². The van der Waals surface area contributed by atoms with Crippen LogP contribution in [0.5, 0.6) is 0 Å². The summed E-state index contributed by atoms with van der Waals surface area (Å²) in [6.07, 6.45) is 17.4. The van der Waals surface area contributed by atoms with E-state index in [4.69, 9.17) is 9.90 Å². The van der Waals surface area contributed by atoms with Crippen molar-refractivity contribution in [2.24, 2.45) is 0 Å². The number of ketones is 2. The van der Waals surface area contributed by atoms with Crippen LogP contribution in [0.3, 0.4) is 0 Å². The number of fused-ring (bicyclic) bond motifs is 2. The summed E-state index contributed by atoms with van der Waals surface area (Å²) >= 11 is 0. The number of anilines is 2. The number of hydrogen-bond donors (Lipinski definition) is 3. The van der Waals surface area contributed by atoms with Gasteiger partial charge in [-0.05, 0) is 58.0 Å². The van der Waals surface area contributed by atoms with Crippen molar-refractivity contribution in [1.29, 1.82) is 0 Å². The summed E-state index contributed by atoms with van der Waals surface area (Å²) in [7, 11) is 0. The minimum Gasteiger partial charge on any atom is -0.481 e. The maximum Gasteiger partial charge on any atom is 0.300 e. The minimum absolute atomic E-state index is 0. The van der Waals surface area contributed by atoms with E-state index in [-0.39, 0.29) is 28.6 Å². The third-order valence-electron chi connectivity index (χ3n) is 6.71. The Bertz CT molecular complexity index is 1770. The molecule has 0 bridgehead atoms. The van der Waals surface area contributed by atoms with E-state index in [9.17, 15) is 9.59 Å². The molecule has 0 spiro atoms. The largest absolute Gasteiger partial charge is 0.481 e. The number of rotatable bonds is 5. The van der Waals surface area contributed by atoms with Crippen LogP contribution in [0, 0.1) is 0 Å². The van der Waals surface area contributed by atoms with Gasteiger partial charge in [-0.2, -0.15) is 0 Å². The van der Waals surface area contributed by atoms with Gasteiger partial charge in [-0.1, -0.05) is 85.0 Å². The summed E-state index contributed by atoms with van der Waals surface area (Å²) in [5.41, 5.74) is 4.93. The first-order valence-electron chi connectivity index (χ1n) is 13.4. The Hall–Kier alpha value is -5.23. The first-order valence-corrected chi connectivity index (χ1v) is 13.4. The van der Waals surface area contributed by atoms with Crippen LogP contribution in [-0.4, -0.2) is 22.6 Å². The molecule has 4 aromatic rings. The molecule has 43 heavy (non-hydrogen) atoms. The summed E-state index contributed by atoms with van der Waals surface area (Å²) in [5.74, 6) is -0.915. The number of carboxylic acids is 1. The normalized spacial score (nSPS) is 15.4. The number of carbonyl (C=O) groups excluding carboxylic acids is 2. The van der Waals surface area contributed by atoms with E-state index in [0.29, 0.717) is 11.1 Å². The zero-order valence-corrected chi connectivity index (χ0v) is 24.4. The molecule has 1 radical (unpaired) electrons. The quantitative estimate of drug-likeness (QED) is 0.159. The van der Waals surface area contributed by atoms with E-state index in [2.05, 4.69) is 47.0 Å². The van der Waals surface area contributed by atoms with Gasteiger partial charge in [-0.25, -0.2) is 0 Å². The van der Waals surface area contributed by atoms with Crippen molar-refractivity contribution in [2.75, 3.05) is 10.6 Å². The summed E-state index contributed by atoms with van der Waals surface area (Å²) in [4.78, 5) is 33.7. The van der Waals surface area contributed by atoms with Gasteiger partial charge >= 0.3 is 0 Å². The second-order valence-electron chi connectivity index (χ2n) is 9.59. The maximum absolute atomic E-state index is 12.4. The average Bonchev–Trinajstić information content (AvgIpc) is 2.99. The zero-order chi connectivity index (χ0) is 29.5. The Kier molecular flexibility index (Phi) is 10.1. The molecule has 213 valence electrons. The number of hydrogen-bond acceptors (Lipinski definition) is 5. The number of nitrogens with one attached hydrogen (secondary N) is 2. The fraction of sp³-hybridized carbons (Fsp3) is 0.0278. The average molecular weight is 608 g/mol. The van der Waals surface area contributed by atoms with E-state index in [1.165, 1.54) is 0 Å². The molecule has 0 aliphatic heterocycles. The molecule has 0 amide bonds. The molecule has 7 heteroatoms. The fourth-order valence-electron chi connectivity index (χ4n) is 4.83. The van der Waals surface area contributed by atoms with Crippen LogP contribution in [0.2, 0.25) is 0 Å². The topological polar surface area (TPSA) is 95.5 Å². The molecular formula is C36H28MnN2O4. The van der Waals surface area contributed by atoms with E-state index in [1.54, 1.807) is 48.9 Å². The van der Waals surface area contributed by atoms with Crippen molar-refractivity contribution in [2.45, 2.75) is 6.92 Å². The molecule has 3 N–H and O–H groups in total. The summed E-state index contributed by atoms with van der Waals surface area (Å²) in [6.45, 7) is 1.08. The molecule has 0 saturated heterocycles. The monoisotopic (exact) mass is 607 g/mol. The van der Waals surface area contributed by atoms with Crippen LogP contribution in [-0.2, 0) is 31.5 Å². The van der Waals surface area contributed by atoms with Crippen LogP contribution in [0.4, 0.5) is 11.4 Å². The molecule has 0 fully saturated rings. The molecule has 4 aromatic carbocycles. The number of benzene rings is 4. The Morgan fingerprint density at radius 3 is 1.37 bits per heavy atom. The predicted octanol–water partition coefficient (Wildman–Crippen LogP) is 7.73. The molecule has 0 heterocycles. The summed E-state index contributed by atoms with van der Waals surface area (Å²) in [6, 6.07) is 24.8. The van der Waals surface area contributed by atoms with Crippen molar-refractivity contribution in [1.82, 2.24) is 0 Å². The Balaban J connectivity index is 0.000000798. The van der Waals surface area contributed by atoms with Gasteiger partial charge in [0.05, 0.1) is 0 Å². The van der Waals surface area contributed by atoms with Gasteiger partial charge in [-0.15, -0.1) is 0 Å². The maximum atomic E-state index is 12.4. The van der Waals surface area contributed by atoms with Crippen molar-refractivity contribution >= 4 is 50.5 Å². The van der Waals surface area contributed by atoms with Crippen LogP contribution in [0.15, 0.2) is 145 Å². The standard InChI is InChI=1S/C34H24N2O2.C2H4O2.Mn/c37-31-15-7-3-11-25(31)21-35-29-19-17-23-9-1-5-13-27(23)33(29)34-28-14-6-2-10-24(28)18-20-30(34)36-22-26-12-4-8-16-32(26)38;1-2(3)4;/h1-22,35-36H;1H3,(H,3,4);/b25-21-,26-22-;;. The van der Waals surface area contributed by atoms with Crippen LogP contribution in [0.25, 0.3) is 32.7 Å². The summed E-state index contributed by atoms with van der Waals surface area (Å²) < 4.78 is 0. The van der Waals surface area contributed by atoms with Gasteiger partial charge in [0.15, 0.2) is 11.6 Å². The molecule has 0 unspecified atom stereocenters. The van der Waals surface area contributed by atoms with Crippen LogP contribution in [0.1, 0.15) is 6.92 Å². The zero-order valence-electron chi connectivity index (χ0n) is 23.3. The first-order chi connectivity index (χ1) is 20.4. The van der Waals surface area contributed by atoms with E-state index < -0.39 is 5.97 Å². The number of carbonyl (C=O) groups is 3. The van der Waals surface area contributed by atoms with Crippen molar-refractivity contribution in [3.63, 3.8) is 0 Å². The predicted molar refractivity (Wildman–Crippen MR) is 170 cm³/mol. The van der Waals surface area contributed by atoms with Crippen molar-refractivity contribution < 1.29 is 36.6 Å². The molecule has 6 rings (SSSR count). The third kappa shape index (κ3) is 7.16. The van der Waals surface area contributed by atoms with Crippen molar-refractivity contribution in [3.05, 3.63) is 145 Å². The van der Waals surface area contributed by atoms with Gasteiger partial charge in [-0.3, -0.25) is 14.4 Å². The fourth-order valence-corrected chi connectivity index (χ4v) is 4.83. The number of carboxylic acid groups (broad SMARTS) is 1. The second kappa shape index (κ2) is 14.1. The molecule has 2 aliphatic rings. The molecule has 0 atom stereocenters. The molecular weight excluding hydrogens is 579 g/mol. The van der Waals surface area contributed by atoms with E-state index in [1.807, 2.05) is 48.6 Å². The Labute approximate surface area is 260 Å². The van der Waals surface area contributed by atoms with Gasteiger partial charge < -0.3 is 15.7 Å². The SMILES string of the molecule is CC(=O)O.O=C1C=CC=C/C1=C/Nc1ccc2ccccc2c1-c1c(N/C=C2/C=CC=CC2=O)ccc2ccccc12.[Mn]. The van der Waals surface area contributed by atoms with Gasteiger partial charge in [0.2, 0.25) is 0 Å². The molecule has 2 aliphatic carbocycles. The van der Waals surface area contributed by atoms with Crippen LogP contribution < -0.4 is 10.6 Å².